The molecule has 2 amide bonds. The summed E-state index contributed by atoms with van der Waals surface area (Å²) in [6.45, 7) is 13.6. The lowest BCUT2D eigenvalue weighted by Gasteiger charge is -2.44. The van der Waals surface area contributed by atoms with E-state index in [1.807, 2.05) is 25.3 Å². The molecule has 3 atom stereocenters. The van der Waals surface area contributed by atoms with E-state index in [-0.39, 0.29) is 29.8 Å². The quantitative estimate of drug-likeness (QED) is 0.504. The number of hydrogen-bond acceptors (Lipinski definition) is 3. The monoisotopic (exact) mass is 497 g/mol. The topological polar surface area (TPSA) is 81.7 Å². The molecule has 8 heteroatoms. The molecule has 1 fully saturated rings. The van der Waals surface area contributed by atoms with Crippen LogP contribution in [0.15, 0.2) is 30.0 Å². The standard InChI is InChI=1S/C25H36ClN3O3.ClH/c1-15(2)19-14-29(21-13-27-12-18(21)22(30)31)23(32)28-25(19,6)17-8-7-16(20(26)11-17)9-10-24(3,4)5;/h7-8,11,14-15,18,21,27H,9-10,12-13H2,1-6H3,(H,28,32)(H,30,31);1H/t18?,21?,25-;/m0./s1. The van der Waals surface area contributed by atoms with E-state index in [4.69, 9.17) is 11.6 Å². The van der Waals surface area contributed by atoms with Gasteiger partial charge in [-0.2, -0.15) is 0 Å². The maximum Gasteiger partial charge on any atom is 0.322 e. The molecule has 1 saturated heterocycles. The third-order valence-electron chi connectivity index (χ3n) is 6.70. The van der Waals surface area contributed by atoms with Crippen LogP contribution in [0.1, 0.15) is 59.1 Å². The lowest BCUT2D eigenvalue weighted by atomic mass is 9.77. The van der Waals surface area contributed by atoms with Crippen molar-refractivity contribution in [2.45, 2.75) is 66.0 Å². The van der Waals surface area contributed by atoms with E-state index in [1.54, 1.807) is 4.90 Å². The van der Waals surface area contributed by atoms with Crippen LogP contribution in [-0.2, 0) is 16.8 Å². The van der Waals surface area contributed by atoms with Crippen molar-refractivity contribution < 1.29 is 14.7 Å². The maximum atomic E-state index is 13.2. The number of rotatable bonds is 6. The Hall–Kier alpha value is -1.76. The summed E-state index contributed by atoms with van der Waals surface area (Å²) in [5.41, 5.74) is 2.55. The largest absolute Gasteiger partial charge is 0.481 e. The van der Waals surface area contributed by atoms with Crippen molar-refractivity contribution in [3.8, 4) is 0 Å². The highest BCUT2D eigenvalue weighted by molar-refractivity contribution is 6.31. The van der Waals surface area contributed by atoms with E-state index in [0.717, 1.165) is 29.5 Å². The zero-order valence-electron chi connectivity index (χ0n) is 20.4. The van der Waals surface area contributed by atoms with E-state index in [2.05, 4.69) is 51.3 Å². The molecule has 33 heavy (non-hydrogen) atoms. The average molecular weight is 498 g/mol. The van der Waals surface area contributed by atoms with Crippen molar-refractivity contribution in [2.24, 2.45) is 17.3 Å². The zero-order valence-corrected chi connectivity index (χ0v) is 21.9. The Bertz CT molecular complexity index is 926. The highest BCUT2D eigenvalue weighted by atomic mass is 35.5. The van der Waals surface area contributed by atoms with Gasteiger partial charge in [0, 0.05) is 24.3 Å². The first-order valence-corrected chi connectivity index (χ1v) is 11.8. The van der Waals surface area contributed by atoms with Crippen LogP contribution in [0.5, 0.6) is 0 Å². The van der Waals surface area contributed by atoms with Gasteiger partial charge in [-0.15, -0.1) is 12.4 Å². The van der Waals surface area contributed by atoms with Crippen molar-refractivity contribution in [3.63, 3.8) is 0 Å². The number of halogens is 2. The second-order valence-corrected chi connectivity index (χ2v) is 11.1. The first kappa shape index (κ1) is 27.5. The second kappa shape index (κ2) is 10.2. The summed E-state index contributed by atoms with van der Waals surface area (Å²) in [4.78, 5) is 26.4. The number of carboxylic acids is 1. The third kappa shape index (κ3) is 5.84. The summed E-state index contributed by atoms with van der Waals surface area (Å²) in [5.74, 6) is -1.38. The molecule has 0 spiro atoms. The zero-order chi connectivity index (χ0) is 23.8. The van der Waals surface area contributed by atoms with Gasteiger partial charge in [-0.25, -0.2) is 4.79 Å². The molecule has 2 aliphatic heterocycles. The SMILES string of the molecule is CC(C)C1=CN(C2CNCC2C(=O)O)C(=O)N[C@@]1(C)c1ccc(CCC(C)(C)C)c(Cl)c1.Cl. The molecule has 184 valence electrons. The Morgan fingerprint density at radius 2 is 1.97 bits per heavy atom. The van der Waals surface area contributed by atoms with Crippen LogP contribution in [0.4, 0.5) is 4.79 Å². The summed E-state index contributed by atoms with van der Waals surface area (Å²) >= 11 is 6.67. The van der Waals surface area contributed by atoms with E-state index in [1.165, 1.54) is 0 Å². The van der Waals surface area contributed by atoms with Crippen LogP contribution in [0.25, 0.3) is 0 Å². The number of urea groups is 1. The molecular weight excluding hydrogens is 461 g/mol. The molecule has 2 aliphatic rings. The fourth-order valence-corrected chi connectivity index (χ4v) is 4.95. The molecule has 3 rings (SSSR count). The summed E-state index contributed by atoms with van der Waals surface area (Å²) in [5, 5.41) is 16.6. The number of hydrogen-bond donors (Lipinski definition) is 3. The number of nitrogens with one attached hydrogen (secondary N) is 2. The van der Waals surface area contributed by atoms with Gasteiger partial charge in [0.2, 0.25) is 0 Å². The van der Waals surface area contributed by atoms with Gasteiger partial charge in [0.15, 0.2) is 0 Å². The third-order valence-corrected chi connectivity index (χ3v) is 7.05. The van der Waals surface area contributed by atoms with Crippen molar-refractivity contribution in [1.82, 2.24) is 15.5 Å². The van der Waals surface area contributed by atoms with Crippen LogP contribution < -0.4 is 10.6 Å². The lowest BCUT2D eigenvalue weighted by molar-refractivity contribution is -0.142. The van der Waals surface area contributed by atoms with E-state index >= 15 is 0 Å². The van der Waals surface area contributed by atoms with Crippen molar-refractivity contribution in [3.05, 3.63) is 46.1 Å². The van der Waals surface area contributed by atoms with Gasteiger partial charge in [-0.1, -0.05) is 58.4 Å². The van der Waals surface area contributed by atoms with E-state index in [9.17, 15) is 14.7 Å². The minimum Gasteiger partial charge on any atom is -0.481 e. The summed E-state index contributed by atoms with van der Waals surface area (Å²) in [6.07, 6.45) is 3.79. The number of carboxylic acid groups (broad SMARTS) is 1. The molecule has 2 unspecified atom stereocenters. The predicted molar refractivity (Wildman–Crippen MR) is 135 cm³/mol. The summed E-state index contributed by atoms with van der Waals surface area (Å²) in [6, 6.07) is 5.36. The molecule has 0 aliphatic carbocycles. The fraction of sp³-hybridized carbons (Fsp3) is 0.600. The van der Waals surface area contributed by atoms with Crippen LogP contribution >= 0.6 is 24.0 Å². The molecule has 3 N–H and O–H groups in total. The maximum absolute atomic E-state index is 13.2. The Labute approximate surface area is 208 Å². The molecule has 0 aromatic heterocycles. The number of aliphatic carboxylic acids is 1. The number of aryl methyl sites for hydroxylation is 1. The molecular formula is C25H37Cl2N3O3. The molecule has 0 saturated carbocycles. The fourth-order valence-electron chi connectivity index (χ4n) is 4.68. The van der Waals surface area contributed by atoms with Crippen molar-refractivity contribution in [1.29, 1.82) is 0 Å². The van der Waals surface area contributed by atoms with Crippen molar-refractivity contribution >= 4 is 36.0 Å². The first-order chi connectivity index (χ1) is 14.8. The van der Waals surface area contributed by atoms with E-state index in [0.29, 0.717) is 18.1 Å². The van der Waals surface area contributed by atoms with Crippen LogP contribution in [-0.4, -0.2) is 41.1 Å². The Morgan fingerprint density at radius 3 is 2.52 bits per heavy atom. The van der Waals surface area contributed by atoms with Gasteiger partial charge in [-0.05, 0) is 53.9 Å². The minimum atomic E-state index is -0.891. The molecule has 0 bridgehead atoms. The molecule has 1 aromatic rings. The Morgan fingerprint density at radius 1 is 1.30 bits per heavy atom. The summed E-state index contributed by atoms with van der Waals surface area (Å²) in [7, 11) is 0. The number of carbonyl (C=O) groups excluding carboxylic acids is 1. The van der Waals surface area contributed by atoms with Gasteiger partial charge in [0.25, 0.3) is 0 Å². The van der Waals surface area contributed by atoms with Gasteiger partial charge in [0.1, 0.15) is 0 Å². The number of nitrogens with zero attached hydrogens (tertiary/aromatic N) is 1. The average Bonchev–Trinajstić information content (AvgIpc) is 3.15. The summed E-state index contributed by atoms with van der Waals surface area (Å²) < 4.78 is 0. The van der Waals surface area contributed by atoms with Gasteiger partial charge in [-0.3, -0.25) is 9.69 Å². The Kier molecular flexibility index (Phi) is 8.53. The molecule has 2 heterocycles. The van der Waals surface area contributed by atoms with Crippen molar-refractivity contribution in [2.75, 3.05) is 13.1 Å². The smallest absolute Gasteiger partial charge is 0.322 e. The predicted octanol–water partition coefficient (Wildman–Crippen LogP) is 5.19. The highest BCUT2D eigenvalue weighted by Crippen LogP contribution is 2.39. The van der Waals surface area contributed by atoms with Crippen LogP contribution in [0, 0.1) is 17.3 Å². The number of amides is 2. The van der Waals surface area contributed by atoms with Gasteiger partial charge in [0.05, 0.1) is 17.5 Å². The number of carbonyl (C=O) groups is 2. The first-order valence-electron chi connectivity index (χ1n) is 11.4. The number of benzene rings is 1. The molecule has 1 aromatic carbocycles. The van der Waals surface area contributed by atoms with E-state index < -0.39 is 23.5 Å². The highest BCUT2D eigenvalue weighted by Gasteiger charge is 2.45. The van der Waals surface area contributed by atoms with Gasteiger partial charge < -0.3 is 15.7 Å². The Balaban J connectivity index is 0.00000385. The van der Waals surface area contributed by atoms with Crippen LogP contribution in [0.2, 0.25) is 5.02 Å². The second-order valence-electron chi connectivity index (χ2n) is 10.7. The molecule has 0 radical (unpaired) electrons. The normalized spacial score (nSPS) is 25.5. The minimum absolute atomic E-state index is 0. The van der Waals surface area contributed by atoms with Gasteiger partial charge >= 0.3 is 12.0 Å². The van der Waals surface area contributed by atoms with Crippen LogP contribution in [0.3, 0.4) is 0 Å². The molecule has 6 nitrogen and oxygen atoms in total. The lowest BCUT2D eigenvalue weighted by Crippen LogP contribution is -2.58.